The molecule has 0 aromatic carbocycles. The summed E-state index contributed by atoms with van der Waals surface area (Å²) in [6.07, 6.45) is 0.995. The van der Waals surface area contributed by atoms with Crippen LogP contribution in [0.2, 0.25) is 0 Å². The molecule has 4 heteroatoms. The van der Waals surface area contributed by atoms with E-state index in [1.165, 1.54) is 0 Å². The van der Waals surface area contributed by atoms with Crippen LogP contribution in [0.5, 0.6) is 0 Å². The average molecular weight is 187 g/mol. The minimum absolute atomic E-state index is 0.0603. The van der Waals surface area contributed by atoms with Crippen LogP contribution in [0, 0.1) is 0 Å². The number of nitrogens with two attached hydrogens (primary N) is 1. The van der Waals surface area contributed by atoms with Crippen molar-refractivity contribution in [1.82, 2.24) is 0 Å². The third kappa shape index (κ3) is 4.24. The van der Waals surface area contributed by atoms with Gasteiger partial charge in [-0.25, -0.2) is 0 Å². The van der Waals surface area contributed by atoms with Gasteiger partial charge in [-0.15, -0.1) is 0 Å². The summed E-state index contributed by atoms with van der Waals surface area (Å²) in [5, 5.41) is 0. The lowest BCUT2D eigenvalue weighted by atomic mass is 10.0. The summed E-state index contributed by atoms with van der Waals surface area (Å²) in [4.78, 5) is 11.3. The Bertz CT molecular complexity index is 180. The van der Waals surface area contributed by atoms with Gasteiger partial charge >= 0.3 is 5.97 Å². The molecule has 4 nitrogen and oxygen atoms in total. The van der Waals surface area contributed by atoms with Crippen molar-refractivity contribution in [3.05, 3.63) is 0 Å². The van der Waals surface area contributed by atoms with Crippen molar-refractivity contribution in [3.63, 3.8) is 0 Å². The van der Waals surface area contributed by atoms with Gasteiger partial charge in [-0.3, -0.25) is 4.79 Å². The minimum atomic E-state index is -0.490. The van der Waals surface area contributed by atoms with Crippen LogP contribution in [0.3, 0.4) is 0 Å². The molecule has 1 rings (SSSR count). The van der Waals surface area contributed by atoms with Crippen LogP contribution in [-0.4, -0.2) is 30.8 Å². The van der Waals surface area contributed by atoms with Crippen molar-refractivity contribution in [2.24, 2.45) is 5.73 Å². The maximum Gasteiger partial charge on any atom is 0.307 e. The highest BCUT2D eigenvalue weighted by Gasteiger charge is 2.23. The molecule has 1 heterocycles. The van der Waals surface area contributed by atoms with E-state index in [0.29, 0.717) is 13.2 Å². The Balaban J connectivity index is 2.24. The summed E-state index contributed by atoms with van der Waals surface area (Å²) < 4.78 is 10.2. The van der Waals surface area contributed by atoms with E-state index >= 15 is 0 Å². The van der Waals surface area contributed by atoms with Crippen LogP contribution >= 0.6 is 0 Å². The van der Waals surface area contributed by atoms with Gasteiger partial charge in [-0.2, -0.15) is 0 Å². The molecule has 1 aliphatic heterocycles. The minimum Gasteiger partial charge on any atom is -0.460 e. The lowest BCUT2D eigenvalue weighted by molar-refractivity contribution is -0.150. The van der Waals surface area contributed by atoms with Crippen molar-refractivity contribution in [2.45, 2.75) is 38.3 Å². The molecule has 13 heavy (non-hydrogen) atoms. The van der Waals surface area contributed by atoms with Crippen LogP contribution in [0.25, 0.3) is 0 Å². The Morgan fingerprint density at radius 1 is 1.69 bits per heavy atom. The average Bonchev–Trinajstić information content (AvgIpc) is 2.34. The van der Waals surface area contributed by atoms with Crippen LogP contribution in [-0.2, 0) is 14.3 Å². The first-order chi connectivity index (χ1) is 5.97. The predicted octanol–water partition coefficient (Wildman–Crippen LogP) is 0.446. The fraction of sp³-hybridized carbons (Fsp3) is 0.889. The van der Waals surface area contributed by atoms with Gasteiger partial charge in [0.15, 0.2) is 0 Å². The zero-order valence-corrected chi connectivity index (χ0v) is 8.21. The maximum absolute atomic E-state index is 11.3. The first-order valence-electron chi connectivity index (χ1n) is 4.53. The van der Waals surface area contributed by atoms with Gasteiger partial charge in [0.1, 0.15) is 6.10 Å². The molecule has 1 aliphatic rings. The zero-order chi connectivity index (χ0) is 9.90. The number of esters is 1. The number of carbonyl (C=O) groups is 1. The van der Waals surface area contributed by atoms with Crippen LogP contribution in [0.15, 0.2) is 0 Å². The van der Waals surface area contributed by atoms with Gasteiger partial charge in [0, 0.05) is 12.0 Å². The largest absolute Gasteiger partial charge is 0.460 e. The lowest BCUT2D eigenvalue weighted by Crippen LogP contribution is -2.36. The molecule has 1 saturated heterocycles. The van der Waals surface area contributed by atoms with Gasteiger partial charge in [0.25, 0.3) is 0 Å². The molecule has 0 aromatic rings. The Hall–Kier alpha value is -0.610. The number of carbonyl (C=O) groups excluding carboxylic acids is 1. The SMILES string of the molecule is CC(C)(N)CC(=O)OC1CCOC1. The molecule has 0 saturated carbocycles. The summed E-state index contributed by atoms with van der Waals surface area (Å²) in [5.41, 5.74) is 5.19. The summed E-state index contributed by atoms with van der Waals surface area (Å²) in [6.45, 7) is 4.82. The van der Waals surface area contributed by atoms with Crippen molar-refractivity contribution >= 4 is 5.97 Å². The highest BCUT2D eigenvalue weighted by atomic mass is 16.6. The summed E-state index contributed by atoms with van der Waals surface area (Å²) >= 11 is 0. The third-order valence-corrected chi connectivity index (χ3v) is 1.79. The van der Waals surface area contributed by atoms with E-state index in [-0.39, 0.29) is 18.5 Å². The van der Waals surface area contributed by atoms with Gasteiger partial charge < -0.3 is 15.2 Å². The van der Waals surface area contributed by atoms with E-state index in [9.17, 15) is 4.79 Å². The summed E-state index contributed by atoms with van der Waals surface area (Å²) in [7, 11) is 0. The Kier molecular flexibility index (Phi) is 3.27. The molecule has 76 valence electrons. The number of hydrogen-bond acceptors (Lipinski definition) is 4. The number of ether oxygens (including phenoxy) is 2. The third-order valence-electron chi connectivity index (χ3n) is 1.79. The molecule has 0 amide bonds. The van der Waals surface area contributed by atoms with E-state index in [1.807, 2.05) is 0 Å². The van der Waals surface area contributed by atoms with E-state index in [1.54, 1.807) is 13.8 Å². The van der Waals surface area contributed by atoms with Crippen molar-refractivity contribution < 1.29 is 14.3 Å². The molecule has 0 bridgehead atoms. The quantitative estimate of drug-likeness (QED) is 0.651. The topological polar surface area (TPSA) is 61.6 Å². The summed E-state index contributed by atoms with van der Waals surface area (Å²) in [6, 6.07) is 0. The lowest BCUT2D eigenvalue weighted by Gasteiger charge is -2.18. The Morgan fingerprint density at radius 2 is 2.38 bits per heavy atom. The molecule has 0 aromatic heterocycles. The molecule has 1 fully saturated rings. The fourth-order valence-electron chi connectivity index (χ4n) is 1.21. The van der Waals surface area contributed by atoms with E-state index in [2.05, 4.69) is 0 Å². The second kappa shape index (κ2) is 4.07. The highest BCUT2D eigenvalue weighted by Crippen LogP contribution is 2.11. The second-order valence-electron chi connectivity index (χ2n) is 4.14. The van der Waals surface area contributed by atoms with Gasteiger partial charge in [-0.05, 0) is 13.8 Å². The Morgan fingerprint density at radius 3 is 2.85 bits per heavy atom. The smallest absolute Gasteiger partial charge is 0.307 e. The van der Waals surface area contributed by atoms with Crippen molar-refractivity contribution in [2.75, 3.05) is 13.2 Å². The van der Waals surface area contributed by atoms with E-state index < -0.39 is 5.54 Å². The van der Waals surface area contributed by atoms with Gasteiger partial charge in [0.2, 0.25) is 0 Å². The molecule has 0 spiro atoms. The normalized spacial score (nSPS) is 23.2. The second-order valence-corrected chi connectivity index (χ2v) is 4.14. The maximum atomic E-state index is 11.3. The van der Waals surface area contributed by atoms with E-state index in [0.717, 1.165) is 6.42 Å². The molecule has 0 radical (unpaired) electrons. The highest BCUT2D eigenvalue weighted by molar-refractivity contribution is 5.70. The molecular formula is C9H17NO3. The Labute approximate surface area is 78.4 Å². The standard InChI is InChI=1S/C9H17NO3/c1-9(2,10)5-8(11)13-7-3-4-12-6-7/h7H,3-6,10H2,1-2H3. The number of hydrogen-bond donors (Lipinski definition) is 1. The molecular weight excluding hydrogens is 170 g/mol. The first-order valence-corrected chi connectivity index (χ1v) is 4.53. The van der Waals surface area contributed by atoms with Crippen LogP contribution in [0.1, 0.15) is 26.7 Å². The summed E-state index contributed by atoms with van der Waals surface area (Å²) in [5.74, 6) is -0.233. The van der Waals surface area contributed by atoms with Gasteiger partial charge in [-0.1, -0.05) is 0 Å². The van der Waals surface area contributed by atoms with E-state index in [4.69, 9.17) is 15.2 Å². The monoisotopic (exact) mass is 187 g/mol. The predicted molar refractivity (Wildman–Crippen MR) is 48.2 cm³/mol. The fourth-order valence-corrected chi connectivity index (χ4v) is 1.21. The molecule has 1 unspecified atom stereocenters. The van der Waals surface area contributed by atoms with Crippen LogP contribution < -0.4 is 5.73 Å². The molecule has 2 N–H and O–H groups in total. The van der Waals surface area contributed by atoms with Gasteiger partial charge in [0.05, 0.1) is 19.6 Å². The van der Waals surface area contributed by atoms with Crippen LogP contribution in [0.4, 0.5) is 0 Å². The zero-order valence-electron chi connectivity index (χ0n) is 8.21. The van der Waals surface area contributed by atoms with Crippen molar-refractivity contribution in [3.8, 4) is 0 Å². The number of rotatable bonds is 3. The molecule has 1 atom stereocenters. The van der Waals surface area contributed by atoms with Crippen molar-refractivity contribution in [1.29, 1.82) is 0 Å². The first kappa shape index (κ1) is 10.5. The molecule has 0 aliphatic carbocycles.